The predicted octanol–water partition coefficient (Wildman–Crippen LogP) is 2.32. The Labute approximate surface area is 108 Å². The van der Waals surface area contributed by atoms with Crippen LogP contribution >= 0.6 is 0 Å². The Morgan fingerprint density at radius 1 is 1.44 bits per heavy atom. The molecule has 4 N–H and O–H groups in total. The zero-order valence-electron chi connectivity index (χ0n) is 11.5. The van der Waals surface area contributed by atoms with Crippen molar-refractivity contribution in [1.82, 2.24) is 0 Å². The van der Waals surface area contributed by atoms with Crippen LogP contribution < -0.4 is 11.1 Å². The smallest absolute Gasteiger partial charge is 0.231 e. The molecule has 4 heteroatoms. The van der Waals surface area contributed by atoms with Crippen molar-refractivity contribution in [2.24, 2.45) is 11.1 Å². The summed E-state index contributed by atoms with van der Waals surface area (Å²) >= 11 is 0. The van der Waals surface area contributed by atoms with Gasteiger partial charge in [-0.2, -0.15) is 0 Å². The van der Waals surface area contributed by atoms with Crippen LogP contribution in [-0.4, -0.2) is 17.6 Å². The minimum Gasteiger partial charge on any atom is -0.507 e. The topological polar surface area (TPSA) is 75.4 Å². The lowest BCUT2D eigenvalue weighted by Crippen LogP contribution is -2.39. The molecule has 18 heavy (non-hydrogen) atoms. The van der Waals surface area contributed by atoms with Crippen LogP contribution in [-0.2, 0) is 4.79 Å². The predicted molar refractivity (Wildman–Crippen MR) is 73.7 cm³/mol. The molecular weight excluding hydrogens is 228 g/mol. The molecule has 0 radical (unpaired) electrons. The monoisotopic (exact) mass is 250 g/mol. The van der Waals surface area contributed by atoms with Crippen molar-refractivity contribution in [3.63, 3.8) is 0 Å². The number of aromatic hydroxyl groups is 1. The number of phenolic OH excluding ortho intramolecular Hbond substituents is 1. The van der Waals surface area contributed by atoms with E-state index in [0.29, 0.717) is 24.2 Å². The number of nitrogens with two attached hydrogens (primary N) is 1. The van der Waals surface area contributed by atoms with Crippen LogP contribution in [0.25, 0.3) is 0 Å². The standard InChI is InChI=1S/C14H22N2O2/c1-5-14(4,8-15)13(18)16-11-7-6-9(2)12(17)10(11)3/h6-7,17H,5,8,15H2,1-4H3,(H,16,18). The van der Waals surface area contributed by atoms with Crippen LogP contribution in [0.4, 0.5) is 5.69 Å². The average Bonchev–Trinajstić information content (AvgIpc) is 2.38. The first-order chi connectivity index (χ1) is 8.35. The highest BCUT2D eigenvalue weighted by atomic mass is 16.3. The lowest BCUT2D eigenvalue weighted by atomic mass is 9.86. The summed E-state index contributed by atoms with van der Waals surface area (Å²) in [6.07, 6.45) is 0.673. The second kappa shape index (κ2) is 5.40. The SMILES string of the molecule is CCC(C)(CN)C(=O)Nc1ccc(C)c(O)c1C. The van der Waals surface area contributed by atoms with Gasteiger partial charge < -0.3 is 16.2 Å². The van der Waals surface area contributed by atoms with Gasteiger partial charge in [0.15, 0.2) is 0 Å². The van der Waals surface area contributed by atoms with Crippen LogP contribution in [0.2, 0.25) is 0 Å². The Balaban J connectivity index is 2.99. The lowest BCUT2D eigenvalue weighted by molar-refractivity contribution is -0.124. The quantitative estimate of drug-likeness (QED) is 0.767. The summed E-state index contributed by atoms with van der Waals surface area (Å²) in [5.74, 6) is 0.109. The van der Waals surface area contributed by atoms with Gasteiger partial charge >= 0.3 is 0 Å². The maximum Gasteiger partial charge on any atom is 0.231 e. The minimum absolute atomic E-state index is 0.112. The van der Waals surface area contributed by atoms with Gasteiger partial charge in [-0.05, 0) is 38.8 Å². The van der Waals surface area contributed by atoms with Gasteiger partial charge in [-0.25, -0.2) is 0 Å². The fourth-order valence-electron chi connectivity index (χ4n) is 1.64. The van der Waals surface area contributed by atoms with Crippen molar-refractivity contribution in [1.29, 1.82) is 0 Å². The van der Waals surface area contributed by atoms with Gasteiger partial charge in [0.25, 0.3) is 0 Å². The molecule has 0 aliphatic rings. The maximum atomic E-state index is 12.2. The van der Waals surface area contributed by atoms with E-state index >= 15 is 0 Å². The molecular formula is C14H22N2O2. The fraction of sp³-hybridized carbons (Fsp3) is 0.500. The first-order valence-electron chi connectivity index (χ1n) is 6.16. The maximum absolute atomic E-state index is 12.2. The average molecular weight is 250 g/mol. The first-order valence-corrected chi connectivity index (χ1v) is 6.16. The third kappa shape index (κ3) is 2.64. The van der Waals surface area contributed by atoms with Gasteiger partial charge in [-0.1, -0.05) is 13.0 Å². The Bertz CT molecular complexity index is 451. The molecule has 0 heterocycles. The van der Waals surface area contributed by atoms with Gasteiger partial charge in [-0.15, -0.1) is 0 Å². The Hall–Kier alpha value is -1.55. The van der Waals surface area contributed by atoms with Gasteiger partial charge in [0.2, 0.25) is 5.91 Å². The second-order valence-electron chi connectivity index (χ2n) is 4.98. The minimum atomic E-state index is -0.576. The van der Waals surface area contributed by atoms with Gasteiger partial charge in [0.1, 0.15) is 5.75 Å². The highest BCUT2D eigenvalue weighted by molar-refractivity contribution is 5.96. The first kappa shape index (κ1) is 14.5. The summed E-state index contributed by atoms with van der Waals surface area (Å²) in [6.45, 7) is 7.68. The third-order valence-electron chi connectivity index (χ3n) is 3.66. The summed E-state index contributed by atoms with van der Waals surface area (Å²) < 4.78 is 0. The number of aryl methyl sites for hydroxylation is 1. The number of nitrogens with one attached hydrogen (secondary N) is 1. The molecule has 1 unspecified atom stereocenters. The molecule has 1 rings (SSSR count). The number of anilines is 1. The third-order valence-corrected chi connectivity index (χ3v) is 3.66. The number of phenols is 1. The van der Waals surface area contributed by atoms with E-state index in [1.807, 2.05) is 20.8 Å². The fourth-order valence-corrected chi connectivity index (χ4v) is 1.64. The number of hydrogen-bond donors (Lipinski definition) is 3. The molecule has 100 valence electrons. The van der Waals surface area contributed by atoms with Crippen LogP contribution in [0.1, 0.15) is 31.4 Å². The molecule has 0 fully saturated rings. The van der Waals surface area contributed by atoms with Crippen LogP contribution in [0.15, 0.2) is 12.1 Å². The second-order valence-corrected chi connectivity index (χ2v) is 4.98. The Morgan fingerprint density at radius 3 is 2.56 bits per heavy atom. The molecule has 0 saturated carbocycles. The molecule has 1 aromatic carbocycles. The summed E-state index contributed by atoms with van der Waals surface area (Å²) in [5.41, 5.74) is 7.19. The number of amides is 1. The molecule has 0 aliphatic heterocycles. The van der Waals surface area contributed by atoms with Crippen molar-refractivity contribution in [2.75, 3.05) is 11.9 Å². The normalized spacial score (nSPS) is 14.1. The number of rotatable bonds is 4. The Kier molecular flexibility index (Phi) is 4.35. The summed E-state index contributed by atoms with van der Waals surface area (Å²) in [6, 6.07) is 3.58. The largest absolute Gasteiger partial charge is 0.507 e. The zero-order chi connectivity index (χ0) is 13.9. The van der Waals surface area contributed by atoms with Gasteiger partial charge in [0.05, 0.1) is 5.41 Å². The molecule has 1 atom stereocenters. The molecule has 1 amide bonds. The molecule has 4 nitrogen and oxygen atoms in total. The van der Waals surface area contributed by atoms with E-state index < -0.39 is 5.41 Å². The van der Waals surface area contributed by atoms with E-state index in [1.165, 1.54) is 0 Å². The van der Waals surface area contributed by atoms with Crippen molar-refractivity contribution < 1.29 is 9.90 Å². The van der Waals surface area contributed by atoms with E-state index in [1.54, 1.807) is 19.1 Å². The van der Waals surface area contributed by atoms with Crippen molar-refractivity contribution >= 4 is 11.6 Å². The molecule has 0 spiro atoms. The van der Waals surface area contributed by atoms with Crippen LogP contribution in [0.5, 0.6) is 5.75 Å². The molecule has 0 saturated heterocycles. The number of carbonyl (C=O) groups is 1. The van der Waals surface area contributed by atoms with Crippen molar-refractivity contribution in [2.45, 2.75) is 34.1 Å². The molecule has 0 aliphatic carbocycles. The van der Waals surface area contributed by atoms with Gasteiger partial charge in [0, 0.05) is 17.8 Å². The lowest BCUT2D eigenvalue weighted by Gasteiger charge is -2.25. The molecule has 0 aromatic heterocycles. The number of hydrogen-bond acceptors (Lipinski definition) is 3. The summed E-state index contributed by atoms with van der Waals surface area (Å²) in [7, 11) is 0. The van der Waals surface area contributed by atoms with E-state index in [4.69, 9.17) is 5.73 Å². The van der Waals surface area contributed by atoms with Crippen LogP contribution in [0, 0.1) is 19.3 Å². The van der Waals surface area contributed by atoms with Gasteiger partial charge in [-0.3, -0.25) is 4.79 Å². The van der Waals surface area contributed by atoms with E-state index in [9.17, 15) is 9.90 Å². The number of benzene rings is 1. The van der Waals surface area contributed by atoms with Crippen molar-refractivity contribution in [3.8, 4) is 5.75 Å². The van der Waals surface area contributed by atoms with E-state index in [-0.39, 0.29) is 11.7 Å². The van der Waals surface area contributed by atoms with E-state index in [0.717, 1.165) is 5.56 Å². The van der Waals surface area contributed by atoms with E-state index in [2.05, 4.69) is 5.32 Å². The Morgan fingerprint density at radius 2 is 2.06 bits per heavy atom. The highest BCUT2D eigenvalue weighted by Crippen LogP contribution is 2.30. The highest BCUT2D eigenvalue weighted by Gasteiger charge is 2.30. The van der Waals surface area contributed by atoms with Crippen molar-refractivity contribution in [3.05, 3.63) is 23.3 Å². The molecule has 1 aromatic rings. The zero-order valence-corrected chi connectivity index (χ0v) is 11.5. The number of carbonyl (C=O) groups excluding carboxylic acids is 1. The molecule has 0 bridgehead atoms. The summed E-state index contributed by atoms with van der Waals surface area (Å²) in [4.78, 5) is 12.2. The summed E-state index contributed by atoms with van der Waals surface area (Å²) in [5, 5.41) is 12.7. The van der Waals surface area contributed by atoms with Crippen LogP contribution in [0.3, 0.4) is 0 Å².